The van der Waals surface area contributed by atoms with Crippen LogP contribution in [0, 0.1) is 19.3 Å². The van der Waals surface area contributed by atoms with Crippen LogP contribution in [0.2, 0.25) is 0 Å². The number of nitrogens with zero attached hydrogens (tertiary/aromatic N) is 3. The Balaban J connectivity index is 3.01. The normalized spacial score (nSPS) is 10.4. The van der Waals surface area contributed by atoms with E-state index < -0.39 is 0 Å². The van der Waals surface area contributed by atoms with Crippen molar-refractivity contribution in [2.45, 2.75) is 20.3 Å². The van der Waals surface area contributed by atoms with Gasteiger partial charge in [-0.05, 0) is 37.8 Å². The Morgan fingerprint density at radius 1 is 1.39 bits per heavy atom. The molecular formula is C12H21N5S. The molecule has 0 bridgehead atoms. The van der Waals surface area contributed by atoms with E-state index >= 15 is 0 Å². The Morgan fingerprint density at radius 3 is 2.61 bits per heavy atom. The quantitative estimate of drug-likeness (QED) is 0.464. The van der Waals surface area contributed by atoms with Crippen molar-refractivity contribution in [1.29, 1.82) is 5.41 Å². The molecule has 0 aliphatic carbocycles. The fourth-order valence-corrected chi connectivity index (χ4v) is 2.16. The van der Waals surface area contributed by atoms with Crippen molar-refractivity contribution < 1.29 is 0 Å². The van der Waals surface area contributed by atoms with Gasteiger partial charge in [-0.3, -0.25) is 5.41 Å². The molecule has 0 spiro atoms. The Bertz CT molecular complexity index is 433. The van der Waals surface area contributed by atoms with E-state index in [2.05, 4.69) is 16.5 Å². The van der Waals surface area contributed by atoms with Gasteiger partial charge in [0.25, 0.3) is 0 Å². The lowest BCUT2D eigenvalue weighted by atomic mass is 10.1. The van der Waals surface area contributed by atoms with Gasteiger partial charge in [0.2, 0.25) is 0 Å². The molecule has 18 heavy (non-hydrogen) atoms. The van der Waals surface area contributed by atoms with Crippen molar-refractivity contribution in [1.82, 2.24) is 10.2 Å². The van der Waals surface area contributed by atoms with E-state index in [1.807, 2.05) is 37.6 Å². The smallest absolute Gasteiger partial charge is 0.162 e. The van der Waals surface area contributed by atoms with Crippen molar-refractivity contribution in [3.8, 4) is 0 Å². The van der Waals surface area contributed by atoms with Gasteiger partial charge in [-0.15, -0.1) is 5.10 Å². The second-order valence-electron chi connectivity index (χ2n) is 4.29. The lowest BCUT2D eigenvalue weighted by Gasteiger charge is -2.21. The van der Waals surface area contributed by atoms with Crippen LogP contribution in [0.3, 0.4) is 0 Å². The van der Waals surface area contributed by atoms with Gasteiger partial charge in [0.05, 0.1) is 11.3 Å². The monoisotopic (exact) mass is 267 g/mol. The molecule has 1 aromatic heterocycles. The van der Waals surface area contributed by atoms with Crippen molar-refractivity contribution in [3.05, 3.63) is 16.8 Å². The number of aryl methyl sites for hydroxylation is 1. The Labute approximate surface area is 113 Å². The fourth-order valence-electron chi connectivity index (χ4n) is 1.74. The van der Waals surface area contributed by atoms with Gasteiger partial charge in [-0.2, -0.15) is 16.9 Å². The molecule has 6 heteroatoms. The highest BCUT2D eigenvalue weighted by atomic mass is 32.2. The third kappa shape index (κ3) is 3.35. The molecule has 0 aliphatic rings. The molecule has 0 atom stereocenters. The summed E-state index contributed by atoms with van der Waals surface area (Å²) in [6.07, 6.45) is 3.17. The first-order chi connectivity index (χ1) is 8.49. The van der Waals surface area contributed by atoms with Crippen LogP contribution in [0.15, 0.2) is 0 Å². The van der Waals surface area contributed by atoms with Crippen molar-refractivity contribution in [2.24, 2.45) is 5.73 Å². The van der Waals surface area contributed by atoms with Crippen LogP contribution in [0.1, 0.15) is 23.2 Å². The molecule has 0 unspecified atom stereocenters. The number of hydrogen-bond acceptors (Lipinski definition) is 5. The summed E-state index contributed by atoms with van der Waals surface area (Å²) < 4.78 is 0. The van der Waals surface area contributed by atoms with Crippen LogP contribution in [-0.2, 0) is 0 Å². The van der Waals surface area contributed by atoms with Crippen LogP contribution >= 0.6 is 11.8 Å². The molecule has 1 aromatic rings. The number of rotatable bonds is 6. The molecule has 0 saturated carbocycles. The summed E-state index contributed by atoms with van der Waals surface area (Å²) in [5.74, 6) is 1.86. The van der Waals surface area contributed by atoms with E-state index in [1.54, 1.807) is 0 Å². The number of anilines is 1. The molecular weight excluding hydrogens is 246 g/mol. The predicted octanol–water partition coefficient (Wildman–Crippen LogP) is 1.57. The number of hydrogen-bond donors (Lipinski definition) is 2. The first-order valence-electron chi connectivity index (χ1n) is 5.87. The molecule has 0 amide bonds. The van der Waals surface area contributed by atoms with Crippen LogP contribution in [-0.4, -0.2) is 41.6 Å². The zero-order chi connectivity index (χ0) is 13.7. The zero-order valence-corrected chi connectivity index (χ0v) is 12.3. The second-order valence-corrected chi connectivity index (χ2v) is 5.28. The number of nitrogen functional groups attached to an aromatic ring is 1. The van der Waals surface area contributed by atoms with Crippen LogP contribution in [0.25, 0.3) is 0 Å². The molecule has 0 saturated heterocycles. The molecule has 3 N–H and O–H groups in total. The van der Waals surface area contributed by atoms with Gasteiger partial charge < -0.3 is 10.6 Å². The lowest BCUT2D eigenvalue weighted by Crippen LogP contribution is -2.26. The predicted molar refractivity (Wildman–Crippen MR) is 78.8 cm³/mol. The topological polar surface area (TPSA) is 78.9 Å². The number of amidine groups is 1. The number of aromatic nitrogens is 2. The van der Waals surface area contributed by atoms with Crippen LogP contribution in [0.5, 0.6) is 0 Å². The maximum absolute atomic E-state index is 7.70. The number of nitrogens with two attached hydrogens (primary N) is 1. The van der Waals surface area contributed by atoms with Crippen molar-refractivity contribution in [2.75, 3.05) is 30.5 Å². The van der Waals surface area contributed by atoms with Crippen LogP contribution in [0.4, 0.5) is 5.82 Å². The molecule has 0 radical (unpaired) electrons. The first-order valence-corrected chi connectivity index (χ1v) is 7.26. The van der Waals surface area contributed by atoms with Gasteiger partial charge in [0.15, 0.2) is 5.82 Å². The van der Waals surface area contributed by atoms with Gasteiger partial charge in [0.1, 0.15) is 5.84 Å². The molecule has 100 valence electrons. The van der Waals surface area contributed by atoms with Gasteiger partial charge in [-0.1, -0.05) is 0 Å². The van der Waals surface area contributed by atoms with E-state index in [0.717, 1.165) is 30.0 Å². The standard InChI is InChI=1S/C12H21N5S/c1-8-9(2)15-16-12(10(8)11(13)14)17(3)6-5-7-18-4/h5-7H2,1-4H3,(H3,13,14). The Hall–Kier alpha value is -1.30. The van der Waals surface area contributed by atoms with E-state index in [4.69, 9.17) is 11.1 Å². The van der Waals surface area contributed by atoms with Crippen molar-refractivity contribution in [3.63, 3.8) is 0 Å². The maximum atomic E-state index is 7.70. The lowest BCUT2D eigenvalue weighted by molar-refractivity contribution is 0.816. The molecule has 5 nitrogen and oxygen atoms in total. The number of thioether (sulfide) groups is 1. The first kappa shape index (κ1) is 14.8. The Kier molecular flexibility index (Phi) is 5.40. The van der Waals surface area contributed by atoms with Gasteiger partial charge in [-0.25, -0.2) is 0 Å². The van der Waals surface area contributed by atoms with E-state index in [-0.39, 0.29) is 5.84 Å². The molecule has 1 heterocycles. The van der Waals surface area contributed by atoms with Crippen molar-refractivity contribution >= 4 is 23.4 Å². The second kappa shape index (κ2) is 6.58. The fraction of sp³-hybridized carbons (Fsp3) is 0.583. The highest BCUT2D eigenvalue weighted by molar-refractivity contribution is 7.98. The largest absolute Gasteiger partial charge is 0.384 e. The minimum atomic E-state index is 0.0530. The molecule has 0 aliphatic heterocycles. The highest BCUT2D eigenvalue weighted by Gasteiger charge is 2.16. The summed E-state index contributed by atoms with van der Waals surface area (Å²) in [6.45, 7) is 4.70. The minimum Gasteiger partial charge on any atom is -0.384 e. The summed E-state index contributed by atoms with van der Waals surface area (Å²) in [6, 6.07) is 0. The van der Waals surface area contributed by atoms with Gasteiger partial charge >= 0.3 is 0 Å². The summed E-state index contributed by atoms with van der Waals surface area (Å²) >= 11 is 1.83. The van der Waals surface area contributed by atoms with Gasteiger partial charge in [0, 0.05) is 13.6 Å². The SMILES string of the molecule is CSCCCN(C)c1nnc(C)c(C)c1C(=N)N. The summed E-state index contributed by atoms with van der Waals surface area (Å²) in [4.78, 5) is 2.02. The molecule has 0 fully saturated rings. The van der Waals surface area contributed by atoms with Crippen LogP contribution < -0.4 is 10.6 Å². The van der Waals surface area contributed by atoms with E-state index in [9.17, 15) is 0 Å². The third-order valence-electron chi connectivity index (χ3n) is 2.91. The van der Waals surface area contributed by atoms with E-state index in [1.165, 1.54) is 0 Å². The highest BCUT2D eigenvalue weighted by Crippen LogP contribution is 2.20. The average Bonchev–Trinajstić information content (AvgIpc) is 2.32. The summed E-state index contributed by atoms with van der Waals surface area (Å²) in [5.41, 5.74) is 8.12. The minimum absolute atomic E-state index is 0.0530. The number of nitrogens with one attached hydrogen (secondary N) is 1. The third-order valence-corrected chi connectivity index (χ3v) is 3.61. The summed E-state index contributed by atoms with van der Waals surface area (Å²) in [7, 11) is 1.96. The Morgan fingerprint density at radius 2 is 2.06 bits per heavy atom. The molecule has 1 rings (SSSR count). The maximum Gasteiger partial charge on any atom is 0.162 e. The average molecular weight is 267 g/mol. The summed E-state index contributed by atoms with van der Waals surface area (Å²) in [5, 5.41) is 16.0. The molecule has 0 aromatic carbocycles. The van der Waals surface area contributed by atoms with E-state index in [0.29, 0.717) is 11.4 Å². The zero-order valence-electron chi connectivity index (χ0n) is 11.4.